The minimum absolute atomic E-state index is 0.0988. The number of hydrogen-bond acceptors (Lipinski definition) is 5. The largest absolute Gasteiger partial charge is 0.491 e. The van der Waals surface area contributed by atoms with Crippen LogP contribution in [0.4, 0.5) is 11.4 Å². The van der Waals surface area contributed by atoms with Crippen molar-refractivity contribution in [2.24, 2.45) is 0 Å². The number of ether oxygens (including phenoxy) is 3. The fourth-order valence-electron chi connectivity index (χ4n) is 1.94. The minimum Gasteiger partial charge on any atom is -0.491 e. The van der Waals surface area contributed by atoms with Crippen LogP contribution in [0.25, 0.3) is 0 Å². The molecule has 0 aliphatic heterocycles. The van der Waals surface area contributed by atoms with Crippen LogP contribution in [-0.4, -0.2) is 32.3 Å². The van der Waals surface area contributed by atoms with Gasteiger partial charge < -0.3 is 25.3 Å². The molecule has 2 aromatic rings. The van der Waals surface area contributed by atoms with Gasteiger partial charge in [-0.2, -0.15) is 0 Å². The molecular weight excluding hydrogens is 308 g/mol. The monoisotopic (exact) mass is 330 g/mol. The van der Waals surface area contributed by atoms with Crippen molar-refractivity contribution in [3.05, 3.63) is 48.5 Å². The van der Waals surface area contributed by atoms with Gasteiger partial charge in [0.2, 0.25) is 5.91 Å². The predicted molar refractivity (Wildman–Crippen MR) is 93.4 cm³/mol. The van der Waals surface area contributed by atoms with Gasteiger partial charge >= 0.3 is 0 Å². The summed E-state index contributed by atoms with van der Waals surface area (Å²) in [5, 5.41) is 2.70. The van der Waals surface area contributed by atoms with Crippen LogP contribution in [0.3, 0.4) is 0 Å². The van der Waals surface area contributed by atoms with Crippen LogP contribution in [0.5, 0.6) is 11.5 Å². The third-order valence-corrected chi connectivity index (χ3v) is 3.05. The Bertz CT molecular complexity index is 626. The number of nitrogens with one attached hydrogen (secondary N) is 1. The van der Waals surface area contributed by atoms with Crippen LogP contribution in [0.1, 0.15) is 6.92 Å². The molecule has 0 heterocycles. The molecule has 0 saturated carbocycles. The van der Waals surface area contributed by atoms with E-state index < -0.39 is 0 Å². The zero-order valence-electron chi connectivity index (χ0n) is 13.7. The van der Waals surface area contributed by atoms with Crippen molar-refractivity contribution < 1.29 is 19.0 Å². The molecule has 6 heteroatoms. The van der Waals surface area contributed by atoms with Gasteiger partial charge in [0, 0.05) is 18.3 Å². The lowest BCUT2D eigenvalue weighted by Crippen LogP contribution is -2.12. The normalized spacial score (nSPS) is 10.2. The average molecular weight is 330 g/mol. The molecule has 128 valence electrons. The number of benzene rings is 2. The minimum atomic E-state index is -0.0988. The molecule has 0 unspecified atom stereocenters. The summed E-state index contributed by atoms with van der Waals surface area (Å²) in [7, 11) is 0. The number of carbonyl (C=O) groups is 1. The average Bonchev–Trinajstić information content (AvgIpc) is 2.56. The number of nitrogens with two attached hydrogens (primary N) is 1. The summed E-state index contributed by atoms with van der Waals surface area (Å²) in [6.45, 7) is 3.34. The molecule has 6 nitrogen and oxygen atoms in total. The van der Waals surface area contributed by atoms with Crippen LogP contribution in [0.15, 0.2) is 48.5 Å². The van der Waals surface area contributed by atoms with Crippen molar-refractivity contribution in [1.29, 1.82) is 0 Å². The number of hydrogen-bond donors (Lipinski definition) is 2. The molecule has 0 aliphatic rings. The maximum atomic E-state index is 10.9. The summed E-state index contributed by atoms with van der Waals surface area (Å²) in [4.78, 5) is 10.9. The summed E-state index contributed by atoms with van der Waals surface area (Å²) < 4.78 is 16.5. The number of rotatable bonds is 9. The standard InChI is InChI=1S/C18H22N2O4/c1-14(21)20-16-4-8-18(9-5-16)24-13-11-22-10-12-23-17-6-2-15(19)3-7-17/h2-9H,10-13,19H2,1H3,(H,20,21). The maximum absolute atomic E-state index is 10.9. The Morgan fingerprint density at radius 3 is 1.88 bits per heavy atom. The van der Waals surface area contributed by atoms with Gasteiger partial charge in [0.15, 0.2) is 0 Å². The molecule has 0 aliphatic carbocycles. The van der Waals surface area contributed by atoms with Crippen molar-refractivity contribution in [1.82, 2.24) is 0 Å². The zero-order valence-corrected chi connectivity index (χ0v) is 13.7. The van der Waals surface area contributed by atoms with E-state index in [4.69, 9.17) is 19.9 Å². The van der Waals surface area contributed by atoms with Crippen LogP contribution >= 0.6 is 0 Å². The van der Waals surface area contributed by atoms with E-state index in [1.54, 1.807) is 36.4 Å². The molecule has 3 N–H and O–H groups in total. The van der Waals surface area contributed by atoms with Crippen molar-refractivity contribution in [2.75, 3.05) is 37.5 Å². The van der Waals surface area contributed by atoms with E-state index >= 15 is 0 Å². The van der Waals surface area contributed by atoms with Crippen LogP contribution in [-0.2, 0) is 9.53 Å². The molecule has 0 radical (unpaired) electrons. The van der Waals surface area contributed by atoms with Gasteiger partial charge in [-0.25, -0.2) is 0 Å². The molecule has 0 spiro atoms. The highest BCUT2D eigenvalue weighted by molar-refractivity contribution is 5.88. The summed E-state index contributed by atoms with van der Waals surface area (Å²) in [6.07, 6.45) is 0. The highest BCUT2D eigenvalue weighted by Gasteiger charge is 1.98. The zero-order chi connectivity index (χ0) is 17.2. The second kappa shape index (κ2) is 9.42. The second-order valence-electron chi connectivity index (χ2n) is 5.08. The Morgan fingerprint density at radius 2 is 1.38 bits per heavy atom. The van der Waals surface area contributed by atoms with Crippen molar-refractivity contribution in [2.45, 2.75) is 6.92 Å². The molecule has 0 bridgehead atoms. The first-order valence-corrected chi connectivity index (χ1v) is 7.70. The molecule has 2 rings (SSSR count). The van der Waals surface area contributed by atoms with E-state index in [1.165, 1.54) is 6.92 Å². The van der Waals surface area contributed by atoms with E-state index in [0.717, 1.165) is 17.2 Å². The lowest BCUT2D eigenvalue weighted by molar-refractivity contribution is -0.114. The van der Waals surface area contributed by atoms with Gasteiger partial charge in [0.25, 0.3) is 0 Å². The van der Waals surface area contributed by atoms with Crippen LogP contribution < -0.4 is 20.5 Å². The molecule has 1 amide bonds. The van der Waals surface area contributed by atoms with E-state index in [-0.39, 0.29) is 5.91 Å². The summed E-state index contributed by atoms with van der Waals surface area (Å²) in [5.74, 6) is 1.40. The number of amides is 1. The van der Waals surface area contributed by atoms with Crippen molar-refractivity contribution >= 4 is 17.3 Å². The third-order valence-electron chi connectivity index (χ3n) is 3.05. The molecule has 0 saturated heterocycles. The lowest BCUT2D eigenvalue weighted by atomic mass is 10.3. The van der Waals surface area contributed by atoms with E-state index in [0.29, 0.717) is 32.1 Å². The smallest absolute Gasteiger partial charge is 0.221 e. The van der Waals surface area contributed by atoms with Gasteiger partial charge in [-0.3, -0.25) is 4.79 Å². The highest BCUT2D eigenvalue weighted by atomic mass is 16.5. The van der Waals surface area contributed by atoms with Crippen molar-refractivity contribution in [3.63, 3.8) is 0 Å². The summed E-state index contributed by atoms with van der Waals surface area (Å²) >= 11 is 0. The molecule has 0 aromatic heterocycles. The lowest BCUT2D eigenvalue weighted by Gasteiger charge is -2.09. The third kappa shape index (κ3) is 6.58. The van der Waals surface area contributed by atoms with Crippen LogP contribution in [0.2, 0.25) is 0 Å². The number of anilines is 2. The van der Waals surface area contributed by atoms with E-state index in [1.807, 2.05) is 12.1 Å². The van der Waals surface area contributed by atoms with Crippen molar-refractivity contribution in [3.8, 4) is 11.5 Å². The summed E-state index contributed by atoms with van der Waals surface area (Å²) in [6, 6.07) is 14.4. The van der Waals surface area contributed by atoms with Gasteiger partial charge in [-0.15, -0.1) is 0 Å². The molecule has 0 fully saturated rings. The first-order chi connectivity index (χ1) is 11.6. The Hall–Kier alpha value is -2.73. The SMILES string of the molecule is CC(=O)Nc1ccc(OCCOCCOc2ccc(N)cc2)cc1. The van der Waals surface area contributed by atoms with Gasteiger partial charge in [0.05, 0.1) is 13.2 Å². The first-order valence-electron chi connectivity index (χ1n) is 7.70. The van der Waals surface area contributed by atoms with E-state index in [2.05, 4.69) is 5.32 Å². The summed E-state index contributed by atoms with van der Waals surface area (Å²) in [5.41, 5.74) is 7.05. The Balaban J connectivity index is 1.54. The predicted octanol–water partition coefficient (Wildman–Crippen LogP) is 2.70. The first kappa shape index (κ1) is 17.6. The Labute approximate surface area is 141 Å². The topological polar surface area (TPSA) is 82.8 Å². The quantitative estimate of drug-likeness (QED) is 0.546. The highest BCUT2D eigenvalue weighted by Crippen LogP contribution is 2.15. The van der Waals surface area contributed by atoms with Gasteiger partial charge in [-0.1, -0.05) is 0 Å². The fourth-order valence-corrected chi connectivity index (χ4v) is 1.94. The van der Waals surface area contributed by atoms with E-state index in [9.17, 15) is 4.79 Å². The molecule has 0 atom stereocenters. The Kier molecular flexibility index (Phi) is 6.91. The Morgan fingerprint density at radius 1 is 0.875 bits per heavy atom. The molecular formula is C18H22N2O4. The van der Waals surface area contributed by atoms with Gasteiger partial charge in [0.1, 0.15) is 24.7 Å². The number of carbonyl (C=O) groups excluding carboxylic acids is 1. The number of nitrogen functional groups attached to an aromatic ring is 1. The van der Waals surface area contributed by atoms with Crippen LogP contribution in [0, 0.1) is 0 Å². The molecule has 2 aromatic carbocycles. The molecule has 24 heavy (non-hydrogen) atoms. The van der Waals surface area contributed by atoms with Gasteiger partial charge in [-0.05, 0) is 48.5 Å². The fraction of sp³-hybridized carbons (Fsp3) is 0.278. The maximum Gasteiger partial charge on any atom is 0.221 e. The second-order valence-corrected chi connectivity index (χ2v) is 5.08.